The maximum atomic E-state index is 15.1. The summed E-state index contributed by atoms with van der Waals surface area (Å²) in [6.45, 7) is 18.1. The Balaban J connectivity index is 1.19. The van der Waals surface area contributed by atoms with Crippen molar-refractivity contribution in [3.63, 3.8) is 0 Å². The van der Waals surface area contributed by atoms with Crippen LogP contribution in [0.1, 0.15) is 36.1 Å². The molecule has 9 nitrogen and oxygen atoms in total. The van der Waals surface area contributed by atoms with Crippen molar-refractivity contribution in [2.75, 3.05) is 78.8 Å². The zero-order valence-corrected chi connectivity index (χ0v) is 32.6. The number of carbonyl (C=O) groups is 1. The number of Topliss-reactive ketones (excluding diaryl/α,β-unsaturated/α-hetero) is 1. The Kier molecular flexibility index (Phi) is 14.4. The molecule has 0 saturated carbocycles. The average molecular weight is 735 g/mol. The highest BCUT2D eigenvalue weighted by atomic mass is 16.5. The van der Waals surface area contributed by atoms with E-state index in [1.807, 2.05) is 74.5 Å². The van der Waals surface area contributed by atoms with Crippen LogP contribution >= 0.6 is 0 Å². The van der Waals surface area contributed by atoms with Crippen molar-refractivity contribution < 1.29 is 23.7 Å². The van der Waals surface area contributed by atoms with Crippen molar-refractivity contribution in [1.29, 1.82) is 0 Å². The van der Waals surface area contributed by atoms with Crippen LogP contribution in [-0.2, 0) is 17.9 Å². The summed E-state index contributed by atoms with van der Waals surface area (Å²) in [6.07, 6.45) is 0. The summed E-state index contributed by atoms with van der Waals surface area (Å²) < 4.78 is 24.9. The van der Waals surface area contributed by atoms with Crippen LogP contribution in [-0.4, -0.2) is 116 Å². The van der Waals surface area contributed by atoms with E-state index in [1.165, 1.54) is 11.1 Å². The van der Waals surface area contributed by atoms with Gasteiger partial charge in [0.1, 0.15) is 48.3 Å². The zero-order valence-electron chi connectivity index (χ0n) is 32.6. The lowest BCUT2D eigenvalue weighted by Gasteiger charge is -2.43. The number of piperazine rings is 2. The van der Waals surface area contributed by atoms with Crippen LogP contribution in [0.25, 0.3) is 0 Å². The first kappa shape index (κ1) is 39.3. The van der Waals surface area contributed by atoms with Gasteiger partial charge >= 0.3 is 0 Å². The molecule has 2 fully saturated rings. The van der Waals surface area contributed by atoms with Crippen LogP contribution in [0.2, 0.25) is 0 Å². The van der Waals surface area contributed by atoms with E-state index in [-0.39, 0.29) is 19.0 Å². The standard InChI is InChI=1S/C45H58N4O5/c1-5-51-43-21-13-9-17-37(43)31-46-23-27-48(28-24-46)39(33-53-41-19-11-7-15-35(41)3)45(50)40(34-54-42-20-12-8-16-36(42)4)49-29-25-47(26-30-49)32-38-18-10-14-22-44(38)52-6-2/h7-22,39-40H,5-6,23-34H2,1-4H3. The van der Waals surface area contributed by atoms with Gasteiger partial charge in [-0.2, -0.15) is 0 Å². The Morgan fingerprint density at radius 3 is 1.22 bits per heavy atom. The molecule has 0 bridgehead atoms. The highest BCUT2D eigenvalue weighted by Crippen LogP contribution is 2.25. The molecule has 0 aliphatic carbocycles. The van der Waals surface area contributed by atoms with E-state index >= 15 is 4.79 Å². The van der Waals surface area contributed by atoms with Crippen LogP contribution in [0.3, 0.4) is 0 Å². The first-order chi connectivity index (χ1) is 26.4. The first-order valence-electron chi connectivity index (χ1n) is 19.7. The number of para-hydroxylation sites is 4. The van der Waals surface area contributed by atoms with E-state index in [9.17, 15) is 0 Å². The lowest BCUT2D eigenvalue weighted by molar-refractivity contribution is -0.133. The Labute approximate surface area is 322 Å². The van der Waals surface area contributed by atoms with Crippen LogP contribution in [0.4, 0.5) is 0 Å². The molecule has 2 heterocycles. The van der Waals surface area contributed by atoms with E-state index in [1.54, 1.807) is 0 Å². The third-order valence-corrected chi connectivity index (χ3v) is 10.7. The van der Waals surface area contributed by atoms with E-state index in [2.05, 4.69) is 69.8 Å². The number of hydrogen-bond acceptors (Lipinski definition) is 9. The topological polar surface area (TPSA) is 67.0 Å². The minimum absolute atomic E-state index is 0.155. The molecule has 4 aromatic carbocycles. The largest absolute Gasteiger partial charge is 0.494 e. The molecular formula is C45H58N4O5. The Morgan fingerprint density at radius 2 is 0.852 bits per heavy atom. The van der Waals surface area contributed by atoms with Gasteiger partial charge in [-0.15, -0.1) is 0 Å². The average Bonchev–Trinajstić information content (AvgIpc) is 3.19. The van der Waals surface area contributed by atoms with Gasteiger partial charge in [0.05, 0.1) is 13.2 Å². The predicted molar refractivity (Wildman–Crippen MR) is 215 cm³/mol. The number of ether oxygens (including phenoxy) is 4. The number of ketones is 1. The molecule has 4 aromatic rings. The Morgan fingerprint density at radius 1 is 0.500 bits per heavy atom. The van der Waals surface area contributed by atoms with Crippen molar-refractivity contribution in [3.05, 3.63) is 119 Å². The van der Waals surface area contributed by atoms with E-state index < -0.39 is 12.1 Å². The molecule has 2 aliphatic heterocycles. The summed E-state index contributed by atoms with van der Waals surface area (Å²) in [5.41, 5.74) is 4.50. The third kappa shape index (κ3) is 10.4. The van der Waals surface area contributed by atoms with Crippen LogP contribution in [0.5, 0.6) is 23.0 Å². The minimum atomic E-state index is -0.427. The van der Waals surface area contributed by atoms with Gasteiger partial charge in [-0.3, -0.25) is 24.4 Å². The van der Waals surface area contributed by atoms with Gasteiger partial charge in [0, 0.05) is 76.6 Å². The van der Waals surface area contributed by atoms with Crippen molar-refractivity contribution in [2.24, 2.45) is 0 Å². The molecule has 2 aliphatic rings. The SMILES string of the molecule is CCOc1ccccc1CN1CCN(C(COc2ccccc2C)C(=O)C(COc2ccccc2C)N2CCN(Cc3ccccc3OCC)CC2)CC1. The lowest BCUT2D eigenvalue weighted by atomic mass is 10.0. The maximum absolute atomic E-state index is 15.1. The molecule has 0 amide bonds. The summed E-state index contributed by atoms with van der Waals surface area (Å²) >= 11 is 0. The second kappa shape index (κ2) is 19.8. The van der Waals surface area contributed by atoms with Gasteiger partial charge in [0.2, 0.25) is 0 Å². The maximum Gasteiger partial charge on any atom is 0.173 e. The molecule has 288 valence electrons. The fraction of sp³-hybridized carbons (Fsp3) is 0.444. The van der Waals surface area contributed by atoms with E-state index in [4.69, 9.17) is 18.9 Å². The smallest absolute Gasteiger partial charge is 0.173 e. The molecule has 0 N–H and O–H groups in total. The summed E-state index contributed by atoms with van der Waals surface area (Å²) in [5, 5.41) is 0. The number of aryl methyl sites for hydroxylation is 2. The van der Waals surface area contributed by atoms with Crippen molar-refractivity contribution in [1.82, 2.24) is 19.6 Å². The van der Waals surface area contributed by atoms with Crippen LogP contribution in [0.15, 0.2) is 97.1 Å². The lowest BCUT2D eigenvalue weighted by Crippen LogP contribution is -2.61. The molecule has 0 spiro atoms. The van der Waals surface area contributed by atoms with Gasteiger partial charge in [0.15, 0.2) is 5.78 Å². The monoisotopic (exact) mass is 734 g/mol. The van der Waals surface area contributed by atoms with Crippen molar-refractivity contribution >= 4 is 5.78 Å². The molecule has 0 radical (unpaired) electrons. The third-order valence-electron chi connectivity index (χ3n) is 10.7. The van der Waals surface area contributed by atoms with Gasteiger partial charge < -0.3 is 18.9 Å². The fourth-order valence-corrected chi connectivity index (χ4v) is 7.54. The second-order valence-electron chi connectivity index (χ2n) is 14.3. The second-order valence-corrected chi connectivity index (χ2v) is 14.3. The number of nitrogens with zero attached hydrogens (tertiary/aromatic N) is 4. The highest BCUT2D eigenvalue weighted by Gasteiger charge is 2.38. The summed E-state index contributed by atoms with van der Waals surface area (Å²) in [5.74, 6) is 3.67. The summed E-state index contributed by atoms with van der Waals surface area (Å²) in [6, 6.07) is 31.8. The van der Waals surface area contributed by atoms with E-state index in [0.717, 1.165) is 99.6 Å². The molecule has 54 heavy (non-hydrogen) atoms. The number of rotatable bonds is 18. The quantitative estimate of drug-likeness (QED) is 0.114. The van der Waals surface area contributed by atoms with Gasteiger partial charge in [-0.1, -0.05) is 72.8 Å². The normalized spacial score (nSPS) is 17.1. The van der Waals surface area contributed by atoms with Gasteiger partial charge in [-0.25, -0.2) is 0 Å². The van der Waals surface area contributed by atoms with Crippen molar-refractivity contribution in [2.45, 2.75) is 52.9 Å². The number of hydrogen-bond donors (Lipinski definition) is 0. The van der Waals surface area contributed by atoms with Crippen LogP contribution in [0, 0.1) is 13.8 Å². The van der Waals surface area contributed by atoms with Gasteiger partial charge in [-0.05, 0) is 63.1 Å². The van der Waals surface area contributed by atoms with Crippen molar-refractivity contribution in [3.8, 4) is 23.0 Å². The number of benzene rings is 4. The minimum Gasteiger partial charge on any atom is -0.494 e. The van der Waals surface area contributed by atoms with Gasteiger partial charge in [0.25, 0.3) is 0 Å². The number of carbonyl (C=O) groups excluding carboxylic acids is 1. The molecule has 2 atom stereocenters. The summed E-state index contributed by atoms with van der Waals surface area (Å²) in [7, 11) is 0. The molecule has 2 saturated heterocycles. The predicted octanol–water partition coefficient (Wildman–Crippen LogP) is 6.50. The highest BCUT2D eigenvalue weighted by molar-refractivity contribution is 5.89. The Hall–Kier alpha value is -4.41. The molecule has 9 heteroatoms. The fourth-order valence-electron chi connectivity index (χ4n) is 7.54. The first-order valence-corrected chi connectivity index (χ1v) is 19.7. The molecule has 0 aromatic heterocycles. The molecule has 6 rings (SSSR count). The van der Waals surface area contributed by atoms with E-state index in [0.29, 0.717) is 13.2 Å². The molecular weight excluding hydrogens is 677 g/mol. The zero-order chi connectivity index (χ0) is 37.7. The summed E-state index contributed by atoms with van der Waals surface area (Å²) in [4.78, 5) is 24.7. The molecule has 2 unspecified atom stereocenters. The van der Waals surface area contributed by atoms with Crippen LogP contribution < -0.4 is 18.9 Å². The Bertz CT molecular complexity index is 1640.